The normalized spacial score (nSPS) is 15.2. The Hall–Kier alpha value is -3.79. The molecular formula is C28H24N2O2. The Morgan fingerprint density at radius 3 is 2.38 bits per heavy atom. The number of nitrogens with zero attached hydrogens (tertiary/aromatic N) is 2. The first kappa shape index (κ1) is 20.1. The van der Waals surface area contributed by atoms with Gasteiger partial charge in [0.05, 0.1) is 10.3 Å². The van der Waals surface area contributed by atoms with E-state index in [0.717, 1.165) is 34.4 Å². The number of nitro benzene ring substituents is 1. The van der Waals surface area contributed by atoms with Gasteiger partial charge in [-0.05, 0) is 75.4 Å². The maximum absolute atomic E-state index is 11.5. The number of hydrogen-bond donors (Lipinski definition) is 0. The van der Waals surface area contributed by atoms with E-state index < -0.39 is 0 Å². The van der Waals surface area contributed by atoms with Crippen LogP contribution in [-0.2, 0) is 6.42 Å². The van der Waals surface area contributed by atoms with Gasteiger partial charge in [0.2, 0.25) is 0 Å². The highest BCUT2D eigenvalue weighted by atomic mass is 16.6. The van der Waals surface area contributed by atoms with Gasteiger partial charge in [-0.1, -0.05) is 61.5 Å². The second kappa shape index (κ2) is 8.39. The molecule has 32 heavy (non-hydrogen) atoms. The van der Waals surface area contributed by atoms with Crippen LogP contribution < -0.4 is 0 Å². The van der Waals surface area contributed by atoms with Gasteiger partial charge in [-0.2, -0.15) is 0 Å². The molecule has 5 aromatic rings. The van der Waals surface area contributed by atoms with Gasteiger partial charge >= 0.3 is 0 Å². The zero-order valence-corrected chi connectivity index (χ0v) is 18.0. The van der Waals surface area contributed by atoms with Crippen LogP contribution in [0.25, 0.3) is 32.3 Å². The molecule has 0 aliphatic heterocycles. The molecule has 4 heteroatoms. The van der Waals surface area contributed by atoms with Crippen molar-refractivity contribution in [3.8, 4) is 0 Å². The monoisotopic (exact) mass is 420 g/mol. The predicted molar refractivity (Wildman–Crippen MR) is 131 cm³/mol. The Balaban J connectivity index is 0.000000180. The molecule has 1 heterocycles. The zero-order chi connectivity index (χ0) is 22.1. The number of aromatic nitrogens is 1. The van der Waals surface area contributed by atoms with Crippen molar-refractivity contribution >= 4 is 38.0 Å². The van der Waals surface area contributed by atoms with Gasteiger partial charge < -0.3 is 0 Å². The lowest BCUT2D eigenvalue weighted by Gasteiger charge is -2.24. The van der Waals surface area contributed by atoms with E-state index in [-0.39, 0.29) is 10.6 Å². The van der Waals surface area contributed by atoms with Crippen LogP contribution >= 0.6 is 0 Å². The van der Waals surface area contributed by atoms with Crippen molar-refractivity contribution in [3.63, 3.8) is 0 Å². The first-order chi connectivity index (χ1) is 15.6. The fourth-order valence-corrected chi connectivity index (χ4v) is 4.90. The Kier molecular flexibility index (Phi) is 5.28. The Labute approximate surface area is 186 Å². The smallest absolute Gasteiger partial charge is 0.264 e. The fraction of sp³-hybridized carbons (Fsp3) is 0.179. The summed E-state index contributed by atoms with van der Waals surface area (Å²) in [5.41, 5.74) is 2.89. The standard InChI is InChI=1S/C19H17NO2.C9H7N/c1-12-5-4-8-14-13(12)9-10-16-15-6-2-3-7-17(15)19(20(21)22)11-18(14)16;1-2-4-9-7-10-6-5-8(9)3-1/h2-3,6-7,9-12H,4-5,8H2,1H3;1-7H. The maximum Gasteiger partial charge on any atom is 0.277 e. The molecule has 0 N–H and O–H groups in total. The second-order valence-electron chi connectivity index (χ2n) is 8.44. The lowest BCUT2D eigenvalue weighted by Crippen LogP contribution is -2.07. The van der Waals surface area contributed by atoms with Gasteiger partial charge in [-0.25, -0.2) is 0 Å². The lowest BCUT2D eigenvalue weighted by atomic mass is 9.81. The number of non-ortho nitro benzene ring substituents is 1. The summed E-state index contributed by atoms with van der Waals surface area (Å²) < 4.78 is 0. The molecule has 0 bridgehead atoms. The van der Waals surface area contributed by atoms with Crippen LogP contribution in [0.4, 0.5) is 5.69 Å². The van der Waals surface area contributed by atoms with Gasteiger partial charge in [-0.15, -0.1) is 0 Å². The van der Waals surface area contributed by atoms with Crippen molar-refractivity contribution in [3.05, 3.63) is 106 Å². The second-order valence-corrected chi connectivity index (χ2v) is 8.44. The molecule has 1 aliphatic carbocycles. The van der Waals surface area contributed by atoms with Crippen molar-refractivity contribution in [2.24, 2.45) is 0 Å². The number of hydrogen-bond acceptors (Lipinski definition) is 3. The molecule has 1 unspecified atom stereocenters. The van der Waals surface area contributed by atoms with E-state index in [1.54, 1.807) is 6.07 Å². The van der Waals surface area contributed by atoms with Crippen LogP contribution in [-0.4, -0.2) is 9.91 Å². The van der Waals surface area contributed by atoms with E-state index in [9.17, 15) is 10.1 Å². The van der Waals surface area contributed by atoms with E-state index in [1.165, 1.54) is 28.3 Å². The van der Waals surface area contributed by atoms with Crippen LogP contribution in [0.2, 0.25) is 0 Å². The van der Waals surface area contributed by atoms with Gasteiger partial charge in [0.15, 0.2) is 0 Å². The molecule has 0 saturated carbocycles. The topological polar surface area (TPSA) is 56.0 Å². The molecule has 158 valence electrons. The average molecular weight is 421 g/mol. The first-order valence-electron chi connectivity index (χ1n) is 11.0. The third-order valence-electron chi connectivity index (χ3n) is 6.51. The zero-order valence-electron chi connectivity index (χ0n) is 18.0. The van der Waals surface area contributed by atoms with Crippen molar-refractivity contribution in [2.45, 2.75) is 32.1 Å². The molecule has 4 nitrogen and oxygen atoms in total. The van der Waals surface area contributed by atoms with E-state index >= 15 is 0 Å². The quantitative estimate of drug-likeness (QED) is 0.160. The third kappa shape index (κ3) is 3.58. The molecule has 1 atom stereocenters. The molecule has 4 aromatic carbocycles. The van der Waals surface area contributed by atoms with Gasteiger partial charge in [-0.3, -0.25) is 15.1 Å². The molecule has 1 aromatic heterocycles. The predicted octanol–water partition coefficient (Wildman–Crippen LogP) is 7.58. The molecule has 6 rings (SSSR count). The number of aryl methyl sites for hydroxylation is 1. The summed E-state index contributed by atoms with van der Waals surface area (Å²) in [4.78, 5) is 15.3. The largest absolute Gasteiger partial charge is 0.277 e. The van der Waals surface area contributed by atoms with Crippen LogP contribution in [0.3, 0.4) is 0 Å². The Bertz CT molecular complexity index is 1390. The first-order valence-corrected chi connectivity index (χ1v) is 11.0. The summed E-state index contributed by atoms with van der Waals surface area (Å²) in [6.07, 6.45) is 7.06. The molecule has 0 amide bonds. The molecule has 0 saturated heterocycles. The number of pyridine rings is 1. The lowest BCUT2D eigenvalue weighted by molar-refractivity contribution is -0.382. The Morgan fingerprint density at radius 1 is 0.875 bits per heavy atom. The number of benzene rings is 4. The summed E-state index contributed by atoms with van der Waals surface area (Å²) in [6.45, 7) is 2.25. The summed E-state index contributed by atoms with van der Waals surface area (Å²) in [7, 11) is 0. The highest BCUT2D eigenvalue weighted by Crippen LogP contribution is 2.40. The SMILES string of the molecule is CC1CCCc2c1ccc1c2cc([N+](=O)[O-])c2ccccc21.c1ccc2cnccc2c1. The fourth-order valence-electron chi connectivity index (χ4n) is 4.90. The van der Waals surface area contributed by atoms with Gasteiger partial charge in [0, 0.05) is 18.5 Å². The highest BCUT2D eigenvalue weighted by molar-refractivity contribution is 6.12. The third-order valence-corrected chi connectivity index (χ3v) is 6.51. The van der Waals surface area contributed by atoms with E-state index in [0.29, 0.717) is 5.92 Å². The summed E-state index contributed by atoms with van der Waals surface area (Å²) in [5.74, 6) is 0.540. The van der Waals surface area contributed by atoms with Crippen LogP contribution in [0, 0.1) is 10.1 Å². The minimum Gasteiger partial charge on any atom is -0.264 e. The summed E-state index contributed by atoms with van der Waals surface area (Å²) in [5, 5.41) is 17.8. The van der Waals surface area contributed by atoms with Crippen molar-refractivity contribution < 1.29 is 4.92 Å². The molecule has 0 radical (unpaired) electrons. The summed E-state index contributed by atoms with van der Waals surface area (Å²) >= 11 is 0. The summed E-state index contributed by atoms with van der Waals surface area (Å²) in [6, 6.07) is 24.0. The van der Waals surface area contributed by atoms with E-state index in [1.807, 2.05) is 54.9 Å². The van der Waals surface area contributed by atoms with Crippen LogP contribution in [0.15, 0.2) is 85.2 Å². The number of rotatable bonds is 1. The Morgan fingerprint density at radius 2 is 1.59 bits per heavy atom. The highest BCUT2D eigenvalue weighted by Gasteiger charge is 2.22. The molecule has 1 aliphatic rings. The van der Waals surface area contributed by atoms with E-state index in [2.05, 4.69) is 36.2 Å². The minimum absolute atomic E-state index is 0.217. The van der Waals surface area contributed by atoms with Crippen molar-refractivity contribution in [1.82, 2.24) is 4.98 Å². The number of nitro groups is 1. The van der Waals surface area contributed by atoms with Crippen LogP contribution in [0.1, 0.15) is 36.8 Å². The van der Waals surface area contributed by atoms with Gasteiger partial charge in [0.25, 0.3) is 5.69 Å². The molecule has 0 fully saturated rings. The van der Waals surface area contributed by atoms with Crippen molar-refractivity contribution in [2.75, 3.05) is 0 Å². The minimum atomic E-state index is -0.257. The van der Waals surface area contributed by atoms with Crippen LogP contribution in [0.5, 0.6) is 0 Å². The van der Waals surface area contributed by atoms with Gasteiger partial charge in [0.1, 0.15) is 0 Å². The van der Waals surface area contributed by atoms with Crippen molar-refractivity contribution in [1.29, 1.82) is 0 Å². The maximum atomic E-state index is 11.5. The molecule has 0 spiro atoms. The molecular weight excluding hydrogens is 396 g/mol. The average Bonchev–Trinajstić information content (AvgIpc) is 2.84. The number of fused-ring (bicyclic) bond motifs is 6. The van der Waals surface area contributed by atoms with E-state index in [4.69, 9.17) is 0 Å².